The van der Waals surface area contributed by atoms with Gasteiger partial charge in [0.25, 0.3) is 5.91 Å². The van der Waals surface area contributed by atoms with Crippen LogP contribution in [0.5, 0.6) is 11.5 Å². The number of aromatic hydroxyl groups is 1. The number of aryl methyl sites for hydroxylation is 1. The molecule has 1 N–H and O–H groups in total. The van der Waals surface area contributed by atoms with Crippen LogP contribution in [0.15, 0.2) is 59.0 Å². The average Bonchev–Trinajstić information content (AvgIpc) is 3.01. The number of carbonyl (C=O) groups excluding carboxylic acids is 1. The van der Waals surface area contributed by atoms with E-state index in [2.05, 4.69) is 6.58 Å². The van der Waals surface area contributed by atoms with Gasteiger partial charge < -0.3 is 9.84 Å². The lowest BCUT2D eigenvalue weighted by atomic mass is 10.1. The molecule has 6 heteroatoms. The zero-order chi connectivity index (χ0) is 21.7. The topological polar surface area (TPSA) is 62.1 Å². The number of ether oxygens (including phenoxy) is 1. The zero-order valence-electron chi connectivity index (χ0n) is 17.5. The fourth-order valence-electron chi connectivity index (χ4n) is 3.16. The maximum Gasteiger partial charge on any atom is 0.266 e. The summed E-state index contributed by atoms with van der Waals surface area (Å²) in [5.74, 6) is 0.438. The number of amidine groups is 1. The number of para-hydroxylation sites is 1. The molecule has 30 heavy (non-hydrogen) atoms. The smallest absolute Gasteiger partial charge is 0.266 e. The van der Waals surface area contributed by atoms with Crippen molar-refractivity contribution in [2.45, 2.75) is 27.2 Å². The number of likely N-dealkylation sites (N-methyl/N-ethyl adjacent to an activating group) is 1. The maximum absolute atomic E-state index is 13.0. The highest BCUT2D eigenvalue weighted by Crippen LogP contribution is 2.37. The van der Waals surface area contributed by atoms with Gasteiger partial charge in [0.15, 0.2) is 16.7 Å². The van der Waals surface area contributed by atoms with Crippen LogP contribution in [0.25, 0.3) is 6.08 Å². The summed E-state index contributed by atoms with van der Waals surface area (Å²) in [4.78, 5) is 20.0. The van der Waals surface area contributed by atoms with Crippen LogP contribution in [-0.2, 0) is 11.2 Å². The number of allylic oxidation sites excluding steroid dienone is 1. The third kappa shape index (κ3) is 4.60. The van der Waals surface area contributed by atoms with Gasteiger partial charge in [0.2, 0.25) is 0 Å². The van der Waals surface area contributed by atoms with Gasteiger partial charge in [0, 0.05) is 12.1 Å². The van der Waals surface area contributed by atoms with Crippen molar-refractivity contribution >= 4 is 34.6 Å². The number of rotatable bonds is 7. The fourth-order valence-corrected chi connectivity index (χ4v) is 4.22. The molecule has 0 aromatic heterocycles. The summed E-state index contributed by atoms with van der Waals surface area (Å²) >= 11 is 1.36. The van der Waals surface area contributed by atoms with E-state index in [4.69, 9.17) is 9.73 Å². The number of benzene rings is 2. The van der Waals surface area contributed by atoms with Gasteiger partial charge in [0.1, 0.15) is 0 Å². The van der Waals surface area contributed by atoms with E-state index in [-0.39, 0.29) is 11.7 Å². The summed E-state index contributed by atoms with van der Waals surface area (Å²) in [6, 6.07) is 11.5. The molecule has 1 saturated heterocycles. The standard InChI is InChI=1S/C24H26N2O3S/c1-5-10-18-13-17(14-20(22(18)27)29-7-3)15-21-23(28)26(6-2)24(30-21)25-19-12-9-8-11-16(19)4/h5,8-9,11-15,27H,1,6-7,10H2,2-4H3/b21-15+,25-24?. The van der Waals surface area contributed by atoms with Gasteiger partial charge in [-0.1, -0.05) is 24.3 Å². The molecule has 1 heterocycles. The van der Waals surface area contributed by atoms with Crippen LogP contribution in [0, 0.1) is 6.92 Å². The zero-order valence-corrected chi connectivity index (χ0v) is 18.3. The minimum Gasteiger partial charge on any atom is -0.504 e. The maximum atomic E-state index is 13.0. The van der Waals surface area contributed by atoms with Gasteiger partial charge in [-0.3, -0.25) is 9.69 Å². The Kier molecular flexibility index (Phi) is 7.00. The van der Waals surface area contributed by atoms with Crippen LogP contribution in [0.2, 0.25) is 0 Å². The first kappa shape index (κ1) is 21.7. The molecule has 2 aromatic carbocycles. The Hall–Kier alpha value is -2.99. The monoisotopic (exact) mass is 422 g/mol. The highest BCUT2D eigenvalue weighted by Gasteiger charge is 2.32. The van der Waals surface area contributed by atoms with E-state index in [0.717, 1.165) is 16.8 Å². The molecule has 0 radical (unpaired) electrons. The fraction of sp³-hybridized carbons (Fsp3) is 0.250. The number of aliphatic imine (C=N–C) groups is 1. The Morgan fingerprint density at radius 2 is 2.03 bits per heavy atom. The highest BCUT2D eigenvalue weighted by atomic mass is 32.2. The van der Waals surface area contributed by atoms with E-state index in [1.165, 1.54) is 11.8 Å². The quantitative estimate of drug-likeness (QED) is 0.476. The highest BCUT2D eigenvalue weighted by molar-refractivity contribution is 8.18. The summed E-state index contributed by atoms with van der Waals surface area (Å²) < 4.78 is 5.57. The summed E-state index contributed by atoms with van der Waals surface area (Å²) in [5, 5.41) is 11.1. The summed E-state index contributed by atoms with van der Waals surface area (Å²) in [5.41, 5.74) is 3.40. The number of phenols is 1. The second-order valence-corrected chi connectivity index (χ2v) is 7.80. The molecule has 156 valence electrons. The first-order valence-electron chi connectivity index (χ1n) is 9.93. The van der Waals surface area contributed by atoms with Crippen molar-refractivity contribution in [2.24, 2.45) is 4.99 Å². The van der Waals surface area contributed by atoms with Crippen molar-refractivity contribution in [3.8, 4) is 11.5 Å². The van der Waals surface area contributed by atoms with E-state index in [1.807, 2.05) is 57.2 Å². The van der Waals surface area contributed by atoms with E-state index < -0.39 is 0 Å². The first-order chi connectivity index (χ1) is 14.5. The van der Waals surface area contributed by atoms with Gasteiger partial charge in [-0.05, 0) is 74.4 Å². The molecular formula is C24H26N2O3S. The van der Waals surface area contributed by atoms with Crippen molar-refractivity contribution in [1.29, 1.82) is 0 Å². The molecular weight excluding hydrogens is 396 g/mol. The Balaban J connectivity index is 2.00. The molecule has 1 amide bonds. The predicted octanol–water partition coefficient (Wildman–Crippen LogP) is 5.45. The summed E-state index contributed by atoms with van der Waals surface area (Å²) in [6.45, 7) is 10.5. The van der Waals surface area contributed by atoms with E-state index >= 15 is 0 Å². The minimum atomic E-state index is -0.0776. The number of thioether (sulfide) groups is 1. The largest absolute Gasteiger partial charge is 0.504 e. The van der Waals surface area contributed by atoms with E-state index in [0.29, 0.717) is 41.0 Å². The summed E-state index contributed by atoms with van der Waals surface area (Å²) in [6.07, 6.45) is 4.05. The minimum absolute atomic E-state index is 0.0776. The van der Waals surface area contributed by atoms with Crippen LogP contribution in [0.1, 0.15) is 30.5 Å². The van der Waals surface area contributed by atoms with Gasteiger partial charge in [-0.25, -0.2) is 4.99 Å². The third-order valence-electron chi connectivity index (χ3n) is 4.67. The molecule has 3 rings (SSSR count). The Bertz CT molecular complexity index is 1030. The Morgan fingerprint density at radius 1 is 1.27 bits per heavy atom. The molecule has 0 spiro atoms. The normalized spacial score (nSPS) is 16.5. The SMILES string of the molecule is C=CCc1cc(/C=C2/SC(=Nc3ccccc3C)N(CC)C2=O)cc(OCC)c1O. The van der Waals surface area contributed by atoms with Crippen LogP contribution >= 0.6 is 11.8 Å². The van der Waals surface area contributed by atoms with Crippen molar-refractivity contribution in [2.75, 3.05) is 13.2 Å². The number of carbonyl (C=O) groups is 1. The lowest BCUT2D eigenvalue weighted by molar-refractivity contribution is -0.122. The van der Waals surface area contributed by atoms with Crippen molar-refractivity contribution in [3.05, 3.63) is 70.6 Å². The third-order valence-corrected chi connectivity index (χ3v) is 5.68. The molecule has 0 aliphatic carbocycles. The molecule has 1 aliphatic heterocycles. The lowest BCUT2D eigenvalue weighted by Gasteiger charge is -2.12. The summed E-state index contributed by atoms with van der Waals surface area (Å²) in [7, 11) is 0. The van der Waals surface area contributed by atoms with Gasteiger partial charge >= 0.3 is 0 Å². The van der Waals surface area contributed by atoms with Gasteiger partial charge in [0.05, 0.1) is 17.2 Å². The first-order valence-corrected chi connectivity index (χ1v) is 10.7. The van der Waals surface area contributed by atoms with Crippen LogP contribution < -0.4 is 4.74 Å². The van der Waals surface area contributed by atoms with Crippen molar-refractivity contribution < 1.29 is 14.6 Å². The molecule has 5 nitrogen and oxygen atoms in total. The molecule has 0 atom stereocenters. The molecule has 2 aromatic rings. The number of amides is 1. The molecule has 1 aliphatic rings. The number of hydrogen-bond acceptors (Lipinski definition) is 5. The van der Waals surface area contributed by atoms with Crippen LogP contribution in [-0.4, -0.2) is 34.2 Å². The van der Waals surface area contributed by atoms with Gasteiger partial charge in [-0.15, -0.1) is 6.58 Å². The average molecular weight is 423 g/mol. The van der Waals surface area contributed by atoms with E-state index in [1.54, 1.807) is 17.0 Å². The Morgan fingerprint density at radius 3 is 2.70 bits per heavy atom. The number of nitrogens with zero attached hydrogens (tertiary/aromatic N) is 2. The van der Waals surface area contributed by atoms with Crippen LogP contribution in [0.4, 0.5) is 5.69 Å². The van der Waals surface area contributed by atoms with Crippen molar-refractivity contribution in [3.63, 3.8) is 0 Å². The molecule has 0 unspecified atom stereocenters. The predicted molar refractivity (Wildman–Crippen MR) is 124 cm³/mol. The molecule has 0 bridgehead atoms. The second-order valence-electron chi connectivity index (χ2n) is 6.79. The Labute approximate surface area is 181 Å². The number of phenolic OH excluding ortho intramolecular Hbond substituents is 1. The second kappa shape index (κ2) is 9.67. The van der Waals surface area contributed by atoms with E-state index in [9.17, 15) is 9.90 Å². The van der Waals surface area contributed by atoms with Crippen molar-refractivity contribution in [1.82, 2.24) is 4.90 Å². The van der Waals surface area contributed by atoms with Crippen LogP contribution in [0.3, 0.4) is 0 Å². The van der Waals surface area contributed by atoms with Gasteiger partial charge in [-0.2, -0.15) is 0 Å². The lowest BCUT2D eigenvalue weighted by Crippen LogP contribution is -2.28. The molecule has 0 saturated carbocycles. The number of hydrogen-bond donors (Lipinski definition) is 1. The molecule has 1 fully saturated rings.